The first kappa shape index (κ1) is 10.6. The van der Waals surface area contributed by atoms with Crippen LogP contribution in [0.1, 0.15) is 26.3 Å². The van der Waals surface area contributed by atoms with E-state index in [1.807, 2.05) is 32.2 Å². The molecule has 2 aromatic rings. The van der Waals surface area contributed by atoms with Gasteiger partial charge in [0.25, 0.3) is 0 Å². The summed E-state index contributed by atoms with van der Waals surface area (Å²) >= 11 is 0. The lowest BCUT2D eigenvalue weighted by atomic mass is 10.2. The second-order valence-corrected chi connectivity index (χ2v) is 2.75. The summed E-state index contributed by atoms with van der Waals surface area (Å²) in [7, 11) is 0. The van der Waals surface area contributed by atoms with Crippen molar-refractivity contribution < 1.29 is 0 Å². The van der Waals surface area contributed by atoms with E-state index in [-0.39, 0.29) is 0 Å². The van der Waals surface area contributed by atoms with Crippen LogP contribution in [-0.4, -0.2) is 9.97 Å². The summed E-state index contributed by atoms with van der Waals surface area (Å²) in [6.07, 6.45) is 4.67. The zero-order valence-electron chi connectivity index (χ0n) is 8.99. The van der Waals surface area contributed by atoms with Gasteiger partial charge in [-0.3, -0.25) is 0 Å². The number of rotatable bonds is 1. The van der Waals surface area contributed by atoms with Crippen molar-refractivity contribution in [3.8, 4) is 0 Å². The minimum absolute atomic E-state index is 0.828. The molecule has 0 bridgehead atoms. The smallest absolute Gasteiger partial charge is 0.159 e. The predicted molar refractivity (Wildman–Crippen MR) is 60.3 cm³/mol. The highest BCUT2D eigenvalue weighted by Crippen LogP contribution is 2.10. The van der Waals surface area contributed by atoms with Crippen molar-refractivity contribution in [3.05, 3.63) is 36.2 Å². The molecule has 2 heteroatoms. The fraction of sp³-hybridized carbons (Fsp3) is 0.333. The van der Waals surface area contributed by atoms with Crippen LogP contribution >= 0.6 is 0 Å². The van der Waals surface area contributed by atoms with Crippen LogP contribution in [0.2, 0.25) is 0 Å². The van der Waals surface area contributed by atoms with Gasteiger partial charge in [0.1, 0.15) is 0 Å². The molecule has 74 valence electrons. The second-order valence-electron chi connectivity index (χ2n) is 2.75. The first-order chi connectivity index (χ1) is 6.90. The first-order valence-corrected chi connectivity index (χ1v) is 5.10. The zero-order valence-corrected chi connectivity index (χ0v) is 8.99. The Morgan fingerprint density at radius 1 is 1.21 bits per heavy atom. The van der Waals surface area contributed by atoms with E-state index >= 15 is 0 Å². The van der Waals surface area contributed by atoms with Gasteiger partial charge in [-0.25, -0.2) is 9.97 Å². The topological polar surface area (TPSA) is 25.8 Å². The number of hydrogen-bond donors (Lipinski definition) is 0. The molecular weight excluding hydrogens is 172 g/mol. The van der Waals surface area contributed by atoms with E-state index in [0.29, 0.717) is 0 Å². The van der Waals surface area contributed by atoms with Crippen LogP contribution < -0.4 is 0 Å². The molecule has 0 unspecified atom stereocenters. The lowest BCUT2D eigenvalue weighted by molar-refractivity contribution is 1.11. The van der Waals surface area contributed by atoms with Gasteiger partial charge >= 0.3 is 0 Å². The van der Waals surface area contributed by atoms with Crippen LogP contribution in [0.25, 0.3) is 11.0 Å². The molecule has 0 saturated carbocycles. The minimum Gasteiger partial charge on any atom is -0.237 e. The number of fused-ring (bicyclic) bond motifs is 1. The molecule has 2 heterocycles. The van der Waals surface area contributed by atoms with Crippen molar-refractivity contribution in [2.24, 2.45) is 0 Å². The molecule has 0 N–H and O–H groups in total. The van der Waals surface area contributed by atoms with Gasteiger partial charge in [0.2, 0.25) is 0 Å². The highest BCUT2D eigenvalue weighted by molar-refractivity contribution is 5.74. The van der Waals surface area contributed by atoms with E-state index in [9.17, 15) is 0 Å². The normalized spacial score (nSPS) is 9.36. The summed E-state index contributed by atoms with van der Waals surface area (Å²) in [4.78, 5) is 8.39. The highest BCUT2D eigenvalue weighted by atomic mass is 14.8. The van der Waals surface area contributed by atoms with Gasteiger partial charge in [-0.1, -0.05) is 20.8 Å². The van der Waals surface area contributed by atoms with Crippen LogP contribution in [0, 0.1) is 0 Å². The summed E-state index contributed by atoms with van der Waals surface area (Å²) in [6.45, 7) is 6.12. The summed E-state index contributed by atoms with van der Waals surface area (Å²) < 4.78 is 0. The Labute approximate surface area is 85.0 Å². The van der Waals surface area contributed by atoms with E-state index in [2.05, 4.69) is 23.0 Å². The molecule has 2 rings (SSSR count). The van der Waals surface area contributed by atoms with Crippen molar-refractivity contribution in [1.29, 1.82) is 0 Å². The van der Waals surface area contributed by atoms with Crippen molar-refractivity contribution in [2.45, 2.75) is 27.2 Å². The Kier molecular flexibility index (Phi) is 4.05. The molecule has 0 aliphatic carbocycles. The van der Waals surface area contributed by atoms with Crippen LogP contribution in [0.15, 0.2) is 30.6 Å². The van der Waals surface area contributed by atoms with Gasteiger partial charge in [0, 0.05) is 17.8 Å². The van der Waals surface area contributed by atoms with E-state index in [0.717, 1.165) is 17.5 Å². The van der Waals surface area contributed by atoms with E-state index in [4.69, 9.17) is 0 Å². The third-order valence-corrected chi connectivity index (χ3v) is 1.92. The Hall–Kier alpha value is -1.44. The molecule has 0 radical (unpaired) electrons. The lowest BCUT2D eigenvalue weighted by Gasteiger charge is -1.97. The number of pyridine rings is 2. The van der Waals surface area contributed by atoms with Crippen LogP contribution in [0.4, 0.5) is 0 Å². The van der Waals surface area contributed by atoms with E-state index < -0.39 is 0 Å². The SMILES string of the molecule is CC.CCc1cnc2ncccc2c1. The van der Waals surface area contributed by atoms with Gasteiger partial charge in [-0.05, 0) is 30.2 Å². The average Bonchev–Trinajstić information content (AvgIpc) is 2.31. The highest BCUT2D eigenvalue weighted by Gasteiger charge is 1.94. The van der Waals surface area contributed by atoms with Gasteiger partial charge in [0.15, 0.2) is 5.65 Å². The quantitative estimate of drug-likeness (QED) is 0.686. The van der Waals surface area contributed by atoms with Crippen molar-refractivity contribution in [3.63, 3.8) is 0 Å². The molecule has 0 aliphatic heterocycles. The average molecular weight is 188 g/mol. The van der Waals surface area contributed by atoms with Crippen LogP contribution in [0.3, 0.4) is 0 Å². The molecular formula is C12H16N2. The van der Waals surface area contributed by atoms with Crippen molar-refractivity contribution >= 4 is 11.0 Å². The standard InChI is InChI=1S/C10H10N2.C2H6/c1-2-8-6-9-4-3-5-11-10(9)12-7-8;1-2/h3-7H,2H2,1H3;1-2H3. The Morgan fingerprint density at radius 3 is 2.71 bits per heavy atom. The van der Waals surface area contributed by atoms with Crippen molar-refractivity contribution in [2.75, 3.05) is 0 Å². The molecule has 14 heavy (non-hydrogen) atoms. The Balaban J connectivity index is 0.000000461. The molecule has 0 atom stereocenters. The number of nitrogens with zero attached hydrogens (tertiary/aromatic N) is 2. The summed E-state index contributed by atoms with van der Waals surface area (Å²) in [5.41, 5.74) is 2.09. The molecule has 0 aromatic carbocycles. The molecule has 0 spiro atoms. The van der Waals surface area contributed by atoms with Crippen molar-refractivity contribution in [1.82, 2.24) is 9.97 Å². The largest absolute Gasteiger partial charge is 0.237 e. The molecule has 0 aliphatic rings. The second kappa shape index (κ2) is 5.32. The Bertz CT molecular complexity index is 396. The summed E-state index contributed by atoms with van der Waals surface area (Å²) in [6, 6.07) is 6.10. The maximum Gasteiger partial charge on any atom is 0.159 e. The molecule has 2 nitrogen and oxygen atoms in total. The third kappa shape index (κ3) is 2.28. The fourth-order valence-electron chi connectivity index (χ4n) is 1.20. The first-order valence-electron chi connectivity index (χ1n) is 5.10. The maximum atomic E-state index is 4.24. The molecule has 0 fully saturated rings. The third-order valence-electron chi connectivity index (χ3n) is 1.92. The molecule has 0 saturated heterocycles. The number of hydrogen-bond acceptors (Lipinski definition) is 2. The van der Waals surface area contributed by atoms with Crippen LogP contribution in [-0.2, 0) is 6.42 Å². The number of aryl methyl sites for hydroxylation is 1. The van der Waals surface area contributed by atoms with Gasteiger partial charge in [0.05, 0.1) is 0 Å². The fourth-order valence-corrected chi connectivity index (χ4v) is 1.20. The molecule has 0 amide bonds. The van der Waals surface area contributed by atoms with Gasteiger partial charge in [-0.15, -0.1) is 0 Å². The van der Waals surface area contributed by atoms with E-state index in [1.165, 1.54) is 5.56 Å². The zero-order chi connectivity index (χ0) is 10.4. The van der Waals surface area contributed by atoms with Crippen LogP contribution in [0.5, 0.6) is 0 Å². The predicted octanol–water partition coefficient (Wildman–Crippen LogP) is 3.22. The van der Waals surface area contributed by atoms with E-state index in [1.54, 1.807) is 6.20 Å². The lowest BCUT2D eigenvalue weighted by Crippen LogP contribution is -1.86. The molecule has 2 aromatic heterocycles. The summed E-state index contributed by atoms with van der Waals surface area (Å²) in [5, 5.41) is 1.12. The van der Waals surface area contributed by atoms with Gasteiger partial charge in [-0.2, -0.15) is 0 Å². The summed E-state index contributed by atoms with van der Waals surface area (Å²) in [5.74, 6) is 0. The Morgan fingerprint density at radius 2 is 2.00 bits per heavy atom. The number of aromatic nitrogens is 2. The monoisotopic (exact) mass is 188 g/mol. The van der Waals surface area contributed by atoms with Gasteiger partial charge < -0.3 is 0 Å². The maximum absolute atomic E-state index is 4.24. The minimum atomic E-state index is 0.828.